The molecule has 0 aliphatic carbocycles. The maximum atomic E-state index is 6.34. The van der Waals surface area contributed by atoms with Crippen LogP contribution < -0.4 is 10.6 Å². The van der Waals surface area contributed by atoms with Crippen LogP contribution in [0.15, 0.2) is 53.0 Å². The molecule has 21 heavy (non-hydrogen) atoms. The monoisotopic (exact) mass is 346 g/mol. The molecule has 0 amide bonds. The average Bonchev–Trinajstić information content (AvgIpc) is 2.49. The predicted molar refractivity (Wildman–Crippen MR) is 94.8 cm³/mol. The number of halogens is 1. The molecule has 1 unspecified atom stereocenters. The van der Waals surface area contributed by atoms with Gasteiger partial charge in [0.25, 0.3) is 0 Å². The number of nitrogens with two attached hydrogens (primary N) is 1. The molecule has 0 heterocycles. The van der Waals surface area contributed by atoms with E-state index in [0.717, 1.165) is 24.0 Å². The fourth-order valence-electron chi connectivity index (χ4n) is 2.57. The highest BCUT2D eigenvalue weighted by molar-refractivity contribution is 9.10. The first-order valence-electron chi connectivity index (χ1n) is 7.43. The van der Waals surface area contributed by atoms with Gasteiger partial charge in [0, 0.05) is 29.3 Å². The number of benzene rings is 2. The first kappa shape index (κ1) is 16.1. The molecule has 2 rings (SSSR count). The van der Waals surface area contributed by atoms with Crippen molar-refractivity contribution in [3.8, 4) is 0 Å². The maximum absolute atomic E-state index is 6.34. The third-order valence-corrected chi connectivity index (χ3v) is 4.32. The number of hydrogen-bond acceptors (Lipinski definition) is 2. The largest absolute Gasteiger partial charge is 0.372 e. The molecule has 0 saturated carbocycles. The van der Waals surface area contributed by atoms with Gasteiger partial charge in [0.1, 0.15) is 0 Å². The zero-order valence-electron chi connectivity index (χ0n) is 12.7. The van der Waals surface area contributed by atoms with Gasteiger partial charge in [0.05, 0.1) is 0 Å². The van der Waals surface area contributed by atoms with Crippen molar-refractivity contribution in [1.82, 2.24) is 0 Å². The lowest BCUT2D eigenvalue weighted by Crippen LogP contribution is -2.27. The van der Waals surface area contributed by atoms with E-state index in [4.69, 9.17) is 5.73 Å². The highest BCUT2D eigenvalue weighted by Gasteiger charge is 2.11. The molecule has 112 valence electrons. The average molecular weight is 347 g/mol. The van der Waals surface area contributed by atoms with Gasteiger partial charge in [0.2, 0.25) is 0 Å². The topological polar surface area (TPSA) is 29.3 Å². The van der Waals surface area contributed by atoms with Gasteiger partial charge in [-0.3, -0.25) is 0 Å². The molecule has 0 aliphatic heterocycles. The van der Waals surface area contributed by atoms with Crippen molar-refractivity contribution >= 4 is 21.6 Å². The molecular weight excluding hydrogens is 324 g/mol. The molecule has 2 aromatic carbocycles. The standard InChI is InChI=1S/C18H23BrN2/c1-3-21(18-10-5-4-7-14(18)2)12-11-17(20)15-8-6-9-16(19)13-15/h4-10,13,17H,3,11-12,20H2,1-2H3. The molecule has 0 saturated heterocycles. The van der Waals surface area contributed by atoms with Gasteiger partial charge in [-0.05, 0) is 49.6 Å². The number of para-hydroxylation sites is 1. The van der Waals surface area contributed by atoms with Gasteiger partial charge < -0.3 is 10.6 Å². The van der Waals surface area contributed by atoms with E-state index >= 15 is 0 Å². The molecule has 2 nitrogen and oxygen atoms in total. The van der Waals surface area contributed by atoms with E-state index in [0.29, 0.717) is 0 Å². The first-order valence-corrected chi connectivity index (χ1v) is 8.22. The SMILES string of the molecule is CCN(CCC(N)c1cccc(Br)c1)c1ccccc1C. The van der Waals surface area contributed by atoms with Crippen molar-refractivity contribution < 1.29 is 0 Å². The summed E-state index contributed by atoms with van der Waals surface area (Å²) >= 11 is 3.50. The van der Waals surface area contributed by atoms with E-state index in [1.165, 1.54) is 16.8 Å². The van der Waals surface area contributed by atoms with E-state index in [1.54, 1.807) is 0 Å². The second-order valence-electron chi connectivity index (χ2n) is 5.32. The van der Waals surface area contributed by atoms with Gasteiger partial charge in [-0.1, -0.05) is 46.3 Å². The molecule has 0 aromatic heterocycles. The van der Waals surface area contributed by atoms with Crippen LogP contribution in [-0.2, 0) is 0 Å². The summed E-state index contributed by atoms with van der Waals surface area (Å²) in [6.45, 7) is 6.31. The van der Waals surface area contributed by atoms with Gasteiger partial charge in [0.15, 0.2) is 0 Å². The number of hydrogen-bond donors (Lipinski definition) is 1. The summed E-state index contributed by atoms with van der Waals surface area (Å²) in [5, 5.41) is 0. The van der Waals surface area contributed by atoms with Gasteiger partial charge in [-0.2, -0.15) is 0 Å². The zero-order valence-corrected chi connectivity index (χ0v) is 14.3. The Hall–Kier alpha value is -1.32. The second-order valence-corrected chi connectivity index (χ2v) is 6.23. The minimum absolute atomic E-state index is 0.0700. The minimum atomic E-state index is 0.0700. The Morgan fingerprint density at radius 2 is 1.90 bits per heavy atom. The smallest absolute Gasteiger partial charge is 0.0395 e. The predicted octanol–water partition coefficient (Wildman–Crippen LogP) is 4.67. The van der Waals surface area contributed by atoms with Crippen LogP contribution in [0.1, 0.15) is 30.5 Å². The Morgan fingerprint density at radius 1 is 1.14 bits per heavy atom. The Balaban J connectivity index is 2.02. The molecule has 0 fully saturated rings. The van der Waals surface area contributed by atoms with Crippen LogP contribution in [0.4, 0.5) is 5.69 Å². The highest BCUT2D eigenvalue weighted by Crippen LogP contribution is 2.23. The molecule has 0 bridgehead atoms. The fourth-order valence-corrected chi connectivity index (χ4v) is 2.98. The van der Waals surface area contributed by atoms with Crippen LogP contribution in [-0.4, -0.2) is 13.1 Å². The Labute approximate surface area is 136 Å². The lowest BCUT2D eigenvalue weighted by molar-refractivity contribution is 0.631. The third kappa shape index (κ3) is 4.32. The summed E-state index contributed by atoms with van der Waals surface area (Å²) in [7, 11) is 0. The molecule has 1 atom stereocenters. The minimum Gasteiger partial charge on any atom is -0.372 e. The summed E-state index contributed by atoms with van der Waals surface area (Å²) in [6.07, 6.45) is 0.943. The number of aryl methyl sites for hydroxylation is 1. The molecule has 2 aromatic rings. The van der Waals surface area contributed by atoms with Crippen LogP contribution in [0.2, 0.25) is 0 Å². The summed E-state index contributed by atoms with van der Waals surface area (Å²) in [4.78, 5) is 2.40. The van der Waals surface area contributed by atoms with Crippen LogP contribution in [0, 0.1) is 6.92 Å². The van der Waals surface area contributed by atoms with Crippen LogP contribution in [0.25, 0.3) is 0 Å². The Morgan fingerprint density at radius 3 is 2.57 bits per heavy atom. The quantitative estimate of drug-likeness (QED) is 0.823. The molecule has 2 N–H and O–H groups in total. The molecule has 0 radical (unpaired) electrons. The van der Waals surface area contributed by atoms with Crippen LogP contribution >= 0.6 is 15.9 Å². The molecule has 0 spiro atoms. The third-order valence-electron chi connectivity index (χ3n) is 3.82. The van der Waals surface area contributed by atoms with E-state index < -0.39 is 0 Å². The fraction of sp³-hybridized carbons (Fsp3) is 0.333. The molecule has 3 heteroatoms. The van der Waals surface area contributed by atoms with E-state index in [9.17, 15) is 0 Å². The summed E-state index contributed by atoms with van der Waals surface area (Å²) in [6, 6.07) is 16.9. The Bertz CT molecular complexity index is 583. The van der Waals surface area contributed by atoms with Gasteiger partial charge in [-0.15, -0.1) is 0 Å². The highest BCUT2D eigenvalue weighted by atomic mass is 79.9. The number of rotatable bonds is 6. The van der Waals surface area contributed by atoms with E-state index in [2.05, 4.69) is 71.1 Å². The normalized spacial score (nSPS) is 12.2. The first-order chi connectivity index (χ1) is 10.1. The van der Waals surface area contributed by atoms with Crippen molar-refractivity contribution in [2.45, 2.75) is 26.3 Å². The van der Waals surface area contributed by atoms with Crippen molar-refractivity contribution in [3.63, 3.8) is 0 Å². The van der Waals surface area contributed by atoms with Gasteiger partial charge in [-0.25, -0.2) is 0 Å². The van der Waals surface area contributed by atoms with Crippen LogP contribution in [0.3, 0.4) is 0 Å². The zero-order chi connectivity index (χ0) is 15.2. The van der Waals surface area contributed by atoms with Crippen molar-refractivity contribution in [1.29, 1.82) is 0 Å². The molecular formula is C18H23BrN2. The summed E-state index contributed by atoms with van der Waals surface area (Å²) < 4.78 is 1.08. The van der Waals surface area contributed by atoms with Crippen molar-refractivity contribution in [2.24, 2.45) is 5.73 Å². The molecule has 0 aliphatic rings. The lowest BCUT2D eigenvalue weighted by Gasteiger charge is -2.26. The van der Waals surface area contributed by atoms with Crippen molar-refractivity contribution in [2.75, 3.05) is 18.0 Å². The number of anilines is 1. The van der Waals surface area contributed by atoms with Gasteiger partial charge >= 0.3 is 0 Å². The summed E-state index contributed by atoms with van der Waals surface area (Å²) in [5.74, 6) is 0. The Kier molecular flexibility index (Phi) is 5.83. The lowest BCUT2D eigenvalue weighted by atomic mass is 10.0. The van der Waals surface area contributed by atoms with E-state index in [1.807, 2.05) is 12.1 Å². The maximum Gasteiger partial charge on any atom is 0.0395 e. The van der Waals surface area contributed by atoms with E-state index in [-0.39, 0.29) is 6.04 Å². The second kappa shape index (κ2) is 7.62. The van der Waals surface area contributed by atoms with Crippen molar-refractivity contribution in [3.05, 3.63) is 64.1 Å². The number of nitrogens with zero attached hydrogens (tertiary/aromatic N) is 1. The summed E-state index contributed by atoms with van der Waals surface area (Å²) in [5.41, 5.74) is 10.1. The van der Waals surface area contributed by atoms with Crippen LogP contribution in [0.5, 0.6) is 0 Å².